The standard InChI is InChI=1S/C35H44O12/c1-19-15-16-33(7,8)30(44-22(4)37)28(43-21(3)36)31(45-23(5)38)34(9,42)18-26-27(46-32(41)25-13-11-10-12-14-25)20(2)17-35(26,29(19)40)47-24(6)39/h10-16,18-20,27-28,30-31,42H,17H2,1-9H3/b16-15+,26-18-/t19-,20+,27-,28+,30+,31+,34-,35+/m0/s1. The fraction of sp³-hybridized carbons (Fsp3) is 0.543. The number of ether oxygens (including phenoxy) is 5. The number of esters is 5. The van der Waals surface area contributed by atoms with Crippen molar-refractivity contribution in [1.29, 1.82) is 0 Å². The fourth-order valence-corrected chi connectivity index (χ4v) is 6.32. The number of carbonyl (C=O) groups is 6. The Morgan fingerprint density at radius 2 is 1.34 bits per heavy atom. The van der Waals surface area contributed by atoms with Crippen LogP contribution in [0.5, 0.6) is 0 Å². The number of ketones is 1. The molecule has 1 fully saturated rings. The zero-order valence-corrected chi connectivity index (χ0v) is 28.2. The molecule has 2 aliphatic rings. The van der Waals surface area contributed by atoms with Gasteiger partial charge in [0.2, 0.25) is 0 Å². The molecule has 0 heterocycles. The molecule has 1 saturated carbocycles. The zero-order valence-electron chi connectivity index (χ0n) is 28.2. The van der Waals surface area contributed by atoms with E-state index < -0.39 is 88.5 Å². The van der Waals surface area contributed by atoms with E-state index in [4.69, 9.17) is 23.7 Å². The molecule has 1 N–H and O–H groups in total. The van der Waals surface area contributed by atoms with Gasteiger partial charge in [0.25, 0.3) is 0 Å². The average Bonchev–Trinajstić information content (AvgIpc) is 3.20. The van der Waals surface area contributed by atoms with E-state index in [1.807, 2.05) is 0 Å². The highest BCUT2D eigenvalue weighted by molar-refractivity contribution is 5.97. The molecule has 0 saturated heterocycles. The van der Waals surface area contributed by atoms with Crippen LogP contribution in [-0.4, -0.2) is 76.4 Å². The maximum Gasteiger partial charge on any atom is 0.338 e. The zero-order chi connectivity index (χ0) is 35.5. The minimum atomic E-state index is -2.32. The first kappa shape index (κ1) is 37.1. The van der Waals surface area contributed by atoms with Crippen LogP contribution in [0.2, 0.25) is 0 Å². The Kier molecular flexibility index (Phi) is 11.2. The van der Waals surface area contributed by atoms with E-state index in [0.29, 0.717) is 0 Å². The second-order valence-corrected chi connectivity index (χ2v) is 13.1. The predicted octanol–water partition coefficient (Wildman–Crippen LogP) is 3.83. The quantitative estimate of drug-likeness (QED) is 0.267. The van der Waals surface area contributed by atoms with Gasteiger partial charge in [0, 0.05) is 56.9 Å². The molecule has 0 radical (unpaired) electrons. The molecule has 12 heteroatoms. The molecule has 0 bridgehead atoms. The van der Waals surface area contributed by atoms with Gasteiger partial charge in [-0.15, -0.1) is 0 Å². The molecule has 8 atom stereocenters. The van der Waals surface area contributed by atoms with Gasteiger partial charge in [0.1, 0.15) is 11.7 Å². The summed E-state index contributed by atoms with van der Waals surface area (Å²) in [7, 11) is 0. The van der Waals surface area contributed by atoms with Crippen molar-refractivity contribution in [2.75, 3.05) is 0 Å². The van der Waals surface area contributed by atoms with Crippen molar-refractivity contribution in [3.05, 3.63) is 59.7 Å². The summed E-state index contributed by atoms with van der Waals surface area (Å²) in [5.41, 5.74) is -5.38. The summed E-state index contributed by atoms with van der Waals surface area (Å²) in [5, 5.41) is 12.3. The first-order valence-electron chi connectivity index (χ1n) is 15.4. The predicted molar refractivity (Wildman–Crippen MR) is 166 cm³/mol. The molecule has 12 nitrogen and oxygen atoms in total. The van der Waals surface area contributed by atoms with Crippen LogP contribution in [0.4, 0.5) is 0 Å². The molecule has 47 heavy (non-hydrogen) atoms. The third-order valence-corrected chi connectivity index (χ3v) is 8.33. The third kappa shape index (κ3) is 8.34. The summed E-state index contributed by atoms with van der Waals surface area (Å²) in [4.78, 5) is 77.9. The molecular weight excluding hydrogens is 612 g/mol. The molecule has 0 aromatic heterocycles. The number of fused-ring (bicyclic) bond motifs is 1. The highest BCUT2D eigenvalue weighted by Crippen LogP contribution is 2.48. The Bertz CT molecular complexity index is 1460. The normalized spacial score (nSPS) is 33.7. The number of hydrogen-bond acceptors (Lipinski definition) is 12. The molecule has 0 spiro atoms. The van der Waals surface area contributed by atoms with Crippen LogP contribution in [0.3, 0.4) is 0 Å². The number of rotatable bonds is 6. The van der Waals surface area contributed by atoms with E-state index in [1.165, 1.54) is 6.92 Å². The van der Waals surface area contributed by atoms with Crippen LogP contribution in [0, 0.1) is 17.3 Å². The van der Waals surface area contributed by atoms with E-state index in [0.717, 1.165) is 33.8 Å². The molecule has 0 unspecified atom stereocenters. The number of allylic oxidation sites excluding steroid dienone is 1. The summed E-state index contributed by atoms with van der Waals surface area (Å²) in [6, 6.07) is 8.11. The average molecular weight is 657 g/mol. The van der Waals surface area contributed by atoms with Crippen molar-refractivity contribution < 1.29 is 57.6 Å². The molecule has 0 amide bonds. The van der Waals surface area contributed by atoms with E-state index in [9.17, 15) is 33.9 Å². The highest BCUT2D eigenvalue weighted by Gasteiger charge is 2.60. The van der Waals surface area contributed by atoms with Crippen LogP contribution in [0.1, 0.15) is 79.1 Å². The maximum atomic E-state index is 14.5. The Hall–Kier alpha value is -4.32. The Morgan fingerprint density at radius 1 is 0.787 bits per heavy atom. The van der Waals surface area contributed by atoms with Crippen molar-refractivity contribution in [2.24, 2.45) is 17.3 Å². The maximum absolute atomic E-state index is 14.5. The smallest absolute Gasteiger partial charge is 0.338 e. The summed E-state index contributed by atoms with van der Waals surface area (Å²) in [5.74, 6) is -6.12. The Balaban J connectivity index is 2.42. The SMILES string of the molecule is CC(=O)O[C@@H]1[C@@H](OC(C)=O)C(C)(C)/C=C/[C@H](C)C(=O)[C@@]2(OC(C)=O)C[C@@H](C)[C@H](OC(=O)c3ccccc3)/C2=C/[C@](C)(O)[C@@H]1OC(C)=O. The molecule has 1 aromatic carbocycles. The van der Waals surface area contributed by atoms with Gasteiger partial charge in [-0.1, -0.05) is 58.0 Å². The lowest BCUT2D eigenvalue weighted by molar-refractivity contribution is -0.207. The Morgan fingerprint density at radius 3 is 1.87 bits per heavy atom. The van der Waals surface area contributed by atoms with Crippen LogP contribution in [0.25, 0.3) is 0 Å². The van der Waals surface area contributed by atoms with Gasteiger partial charge in [-0.25, -0.2) is 4.79 Å². The van der Waals surface area contributed by atoms with E-state index in [-0.39, 0.29) is 17.6 Å². The largest absolute Gasteiger partial charge is 0.458 e. The van der Waals surface area contributed by atoms with Crippen molar-refractivity contribution in [3.8, 4) is 0 Å². The summed E-state index contributed by atoms with van der Waals surface area (Å²) in [6.07, 6.45) is -1.73. The van der Waals surface area contributed by atoms with Gasteiger partial charge < -0.3 is 28.8 Å². The van der Waals surface area contributed by atoms with Gasteiger partial charge in [0.15, 0.2) is 29.7 Å². The lowest BCUT2D eigenvalue weighted by Crippen LogP contribution is -2.59. The Labute approximate surface area is 274 Å². The molecule has 2 aliphatic carbocycles. The van der Waals surface area contributed by atoms with E-state index in [1.54, 1.807) is 70.2 Å². The minimum absolute atomic E-state index is 0.0673. The summed E-state index contributed by atoms with van der Waals surface area (Å²) < 4.78 is 28.8. The van der Waals surface area contributed by atoms with Gasteiger partial charge in [-0.2, -0.15) is 0 Å². The number of hydrogen-bond donors (Lipinski definition) is 1. The topological polar surface area (TPSA) is 169 Å². The lowest BCUT2D eigenvalue weighted by atomic mass is 9.74. The van der Waals surface area contributed by atoms with Crippen molar-refractivity contribution in [1.82, 2.24) is 0 Å². The van der Waals surface area contributed by atoms with Crippen molar-refractivity contribution in [3.63, 3.8) is 0 Å². The van der Waals surface area contributed by atoms with Crippen LogP contribution < -0.4 is 0 Å². The van der Waals surface area contributed by atoms with Crippen LogP contribution in [0.15, 0.2) is 54.1 Å². The van der Waals surface area contributed by atoms with Crippen molar-refractivity contribution >= 4 is 35.6 Å². The third-order valence-electron chi connectivity index (χ3n) is 8.33. The van der Waals surface area contributed by atoms with Crippen LogP contribution in [-0.2, 0) is 47.7 Å². The first-order valence-corrected chi connectivity index (χ1v) is 15.4. The second kappa shape index (κ2) is 14.2. The molecule has 3 rings (SSSR count). The second-order valence-electron chi connectivity index (χ2n) is 13.1. The number of aliphatic hydroxyl groups is 1. The van der Waals surface area contributed by atoms with E-state index >= 15 is 0 Å². The first-order chi connectivity index (χ1) is 21.7. The molecule has 256 valence electrons. The van der Waals surface area contributed by atoms with Gasteiger partial charge in [-0.3, -0.25) is 24.0 Å². The fourth-order valence-electron chi connectivity index (χ4n) is 6.32. The number of carbonyl (C=O) groups excluding carboxylic acids is 6. The van der Waals surface area contributed by atoms with E-state index in [2.05, 4.69) is 0 Å². The van der Waals surface area contributed by atoms with Gasteiger partial charge in [-0.05, 0) is 25.1 Å². The highest BCUT2D eigenvalue weighted by atomic mass is 16.6. The van der Waals surface area contributed by atoms with Crippen molar-refractivity contribution in [2.45, 2.75) is 104 Å². The monoisotopic (exact) mass is 656 g/mol. The number of benzene rings is 1. The minimum Gasteiger partial charge on any atom is -0.458 e. The molecule has 1 aromatic rings. The van der Waals surface area contributed by atoms with Gasteiger partial charge >= 0.3 is 29.8 Å². The van der Waals surface area contributed by atoms with Gasteiger partial charge in [0.05, 0.1) is 5.56 Å². The summed E-state index contributed by atoms with van der Waals surface area (Å²) >= 11 is 0. The van der Waals surface area contributed by atoms with Crippen LogP contribution >= 0.6 is 0 Å². The molecular formula is C35H44O12. The lowest BCUT2D eigenvalue weighted by Gasteiger charge is -2.43. The summed E-state index contributed by atoms with van der Waals surface area (Å²) in [6.45, 7) is 12.3. The molecule has 0 aliphatic heterocycles. The number of Topliss-reactive ketones (excluding diaryl/α,β-unsaturated/α-hetero) is 1.